The summed E-state index contributed by atoms with van der Waals surface area (Å²) < 4.78 is 0. The molecule has 1 unspecified atom stereocenters. The Morgan fingerprint density at radius 2 is 2.00 bits per heavy atom. The van der Waals surface area contributed by atoms with Crippen LogP contribution in [0.3, 0.4) is 0 Å². The molecule has 0 saturated heterocycles. The monoisotopic (exact) mass is 190 g/mol. The number of hydrogen-bond donors (Lipinski definition) is 3. The maximum absolute atomic E-state index is 10.8. The second kappa shape index (κ2) is 4.43. The van der Waals surface area contributed by atoms with Gasteiger partial charge in [-0.3, -0.25) is 0 Å². The van der Waals surface area contributed by atoms with Gasteiger partial charge in [0.05, 0.1) is 12.6 Å². The van der Waals surface area contributed by atoms with E-state index in [0.717, 1.165) is 0 Å². The van der Waals surface area contributed by atoms with Gasteiger partial charge in [0.1, 0.15) is 0 Å². The number of carbonyl (C=O) groups is 1. The molecule has 0 aliphatic heterocycles. The standard InChI is InChI=1S/C8H18N2O3/c1-8(2,3)10(7(12)13)5-6(11)4-9/h6,11H,4-5,9H2,1-3H3,(H,12,13). The summed E-state index contributed by atoms with van der Waals surface area (Å²) in [6.45, 7) is 5.42. The van der Waals surface area contributed by atoms with Crippen LogP contribution >= 0.6 is 0 Å². The van der Waals surface area contributed by atoms with Crippen LogP contribution in [0.25, 0.3) is 0 Å². The second-order valence-corrected chi connectivity index (χ2v) is 3.95. The zero-order valence-electron chi connectivity index (χ0n) is 8.32. The molecule has 0 bridgehead atoms. The molecule has 0 aromatic heterocycles. The predicted molar refractivity (Wildman–Crippen MR) is 49.5 cm³/mol. The van der Waals surface area contributed by atoms with Crippen molar-refractivity contribution in [1.82, 2.24) is 4.90 Å². The van der Waals surface area contributed by atoms with E-state index in [1.54, 1.807) is 20.8 Å². The minimum absolute atomic E-state index is 0.0509. The Morgan fingerprint density at radius 1 is 1.54 bits per heavy atom. The van der Waals surface area contributed by atoms with E-state index < -0.39 is 17.7 Å². The number of amides is 1. The number of nitrogens with zero attached hydrogens (tertiary/aromatic N) is 1. The summed E-state index contributed by atoms with van der Waals surface area (Å²) in [6, 6.07) is 0. The fraction of sp³-hybridized carbons (Fsp3) is 0.875. The second-order valence-electron chi connectivity index (χ2n) is 3.95. The van der Waals surface area contributed by atoms with Crippen molar-refractivity contribution in [3.05, 3.63) is 0 Å². The van der Waals surface area contributed by atoms with Crippen molar-refractivity contribution in [2.75, 3.05) is 13.1 Å². The van der Waals surface area contributed by atoms with Crippen LogP contribution in [0.5, 0.6) is 0 Å². The maximum atomic E-state index is 10.8. The number of hydrogen-bond acceptors (Lipinski definition) is 3. The van der Waals surface area contributed by atoms with Gasteiger partial charge in [0.25, 0.3) is 0 Å². The van der Waals surface area contributed by atoms with Gasteiger partial charge in [0, 0.05) is 12.1 Å². The number of aliphatic hydroxyl groups excluding tert-OH is 1. The first kappa shape index (κ1) is 12.2. The van der Waals surface area contributed by atoms with Crippen LogP contribution in [-0.2, 0) is 0 Å². The molecule has 13 heavy (non-hydrogen) atoms. The molecule has 0 spiro atoms. The summed E-state index contributed by atoms with van der Waals surface area (Å²) in [5.74, 6) is 0. The van der Waals surface area contributed by atoms with Gasteiger partial charge in [-0.15, -0.1) is 0 Å². The van der Waals surface area contributed by atoms with Gasteiger partial charge in [-0.2, -0.15) is 0 Å². The highest BCUT2D eigenvalue weighted by atomic mass is 16.4. The molecular weight excluding hydrogens is 172 g/mol. The molecule has 0 aliphatic carbocycles. The number of carboxylic acid groups (broad SMARTS) is 1. The molecule has 0 aromatic rings. The fourth-order valence-electron chi connectivity index (χ4n) is 0.924. The summed E-state index contributed by atoms with van der Waals surface area (Å²) in [4.78, 5) is 11.9. The minimum atomic E-state index is -1.04. The zero-order chi connectivity index (χ0) is 10.6. The minimum Gasteiger partial charge on any atom is -0.465 e. The van der Waals surface area contributed by atoms with Crippen molar-refractivity contribution in [3.8, 4) is 0 Å². The van der Waals surface area contributed by atoms with Gasteiger partial charge in [0.2, 0.25) is 0 Å². The summed E-state index contributed by atoms with van der Waals surface area (Å²) in [7, 11) is 0. The Bertz CT molecular complexity index is 177. The largest absolute Gasteiger partial charge is 0.465 e. The van der Waals surface area contributed by atoms with Gasteiger partial charge in [-0.25, -0.2) is 4.79 Å². The zero-order valence-corrected chi connectivity index (χ0v) is 8.32. The molecule has 5 nitrogen and oxygen atoms in total. The number of rotatable bonds is 3. The lowest BCUT2D eigenvalue weighted by atomic mass is 10.1. The summed E-state index contributed by atoms with van der Waals surface area (Å²) in [6.07, 6.45) is -1.84. The topological polar surface area (TPSA) is 86.8 Å². The quantitative estimate of drug-likeness (QED) is 0.588. The predicted octanol–water partition coefficient (Wildman–Crippen LogP) is 0.0845. The molecule has 0 rings (SSSR count). The molecule has 0 fully saturated rings. The first-order valence-corrected chi connectivity index (χ1v) is 4.17. The molecule has 0 saturated carbocycles. The van der Waals surface area contributed by atoms with Crippen LogP contribution in [0.15, 0.2) is 0 Å². The van der Waals surface area contributed by atoms with Crippen LogP contribution < -0.4 is 5.73 Å². The molecule has 0 heterocycles. The van der Waals surface area contributed by atoms with E-state index in [1.165, 1.54) is 4.90 Å². The average Bonchev–Trinajstić information content (AvgIpc) is 1.96. The van der Waals surface area contributed by atoms with Crippen LogP contribution in [0, 0.1) is 0 Å². The van der Waals surface area contributed by atoms with E-state index in [4.69, 9.17) is 10.8 Å². The van der Waals surface area contributed by atoms with Crippen molar-refractivity contribution in [1.29, 1.82) is 0 Å². The molecule has 0 aromatic carbocycles. The van der Waals surface area contributed by atoms with Gasteiger partial charge in [-0.1, -0.05) is 0 Å². The van der Waals surface area contributed by atoms with Crippen molar-refractivity contribution >= 4 is 6.09 Å². The third-order valence-corrected chi connectivity index (χ3v) is 1.71. The lowest BCUT2D eigenvalue weighted by molar-refractivity contribution is 0.0589. The Balaban J connectivity index is 4.37. The normalized spacial score (nSPS) is 13.9. The molecular formula is C8H18N2O3. The highest BCUT2D eigenvalue weighted by Crippen LogP contribution is 2.13. The highest BCUT2D eigenvalue weighted by Gasteiger charge is 2.27. The number of nitrogens with two attached hydrogens (primary N) is 1. The SMILES string of the molecule is CC(C)(C)N(CC(O)CN)C(=O)O. The van der Waals surface area contributed by atoms with Crippen LogP contribution in [0.2, 0.25) is 0 Å². The lowest BCUT2D eigenvalue weighted by Crippen LogP contribution is -2.49. The Kier molecular flexibility index (Phi) is 4.16. The van der Waals surface area contributed by atoms with Gasteiger partial charge < -0.3 is 20.8 Å². The van der Waals surface area contributed by atoms with E-state index >= 15 is 0 Å². The Morgan fingerprint density at radius 3 is 2.23 bits per heavy atom. The van der Waals surface area contributed by atoms with Crippen molar-refractivity contribution in [3.63, 3.8) is 0 Å². The third-order valence-electron chi connectivity index (χ3n) is 1.71. The van der Waals surface area contributed by atoms with E-state index in [2.05, 4.69) is 0 Å². The van der Waals surface area contributed by atoms with Crippen LogP contribution in [-0.4, -0.2) is 45.9 Å². The molecule has 5 heteroatoms. The Labute approximate surface area is 78.1 Å². The van der Waals surface area contributed by atoms with Gasteiger partial charge in [0.15, 0.2) is 0 Å². The van der Waals surface area contributed by atoms with Crippen LogP contribution in [0.4, 0.5) is 4.79 Å². The van der Waals surface area contributed by atoms with E-state index in [1.807, 2.05) is 0 Å². The fourth-order valence-corrected chi connectivity index (χ4v) is 0.924. The molecule has 1 amide bonds. The summed E-state index contributed by atoms with van der Waals surface area (Å²) in [5.41, 5.74) is 4.68. The third kappa shape index (κ3) is 4.10. The Hall–Kier alpha value is -0.810. The molecule has 78 valence electrons. The van der Waals surface area contributed by atoms with Gasteiger partial charge in [-0.05, 0) is 20.8 Å². The lowest BCUT2D eigenvalue weighted by Gasteiger charge is -2.34. The van der Waals surface area contributed by atoms with Crippen molar-refractivity contribution in [2.45, 2.75) is 32.4 Å². The number of β-amino-alcohol motifs (C(OH)–C–C–N with tert-alkyl or cyclic N) is 1. The van der Waals surface area contributed by atoms with E-state index in [-0.39, 0.29) is 13.1 Å². The first-order valence-electron chi connectivity index (χ1n) is 4.17. The van der Waals surface area contributed by atoms with E-state index in [9.17, 15) is 9.90 Å². The highest BCUT2D eigenvalue weighted by molar-refractivity contribution is 5.66. The average molecular weight is 190 g/mol. The van der Waals surface area contributed by atoms with Crippen molar-refractivity contribution < 1.29 is 15.0 Å². The van der Waals surface area contributed by atoms with E-state index in [0.29, 0.717) is 0 Å². The smallest absolute Gasteiger partial charge is 0.407 e. The number of aliphatic hydroxyl groups is 1. The van der Waals surface area contributed by atoms with Gasteiger partial charge >= 0.3 is 6.09 Å². The molecule has 0 aliphatic rings. The molecule has 4 N–H and O–H groups in total. The molecule has 0 radical (unpaired) electrons. The summed E-state index contributed by atoms with van der Waals surface area (Å²) in [5, 5.41) is 18.0. The summed E-state index contributed by atoms with van der Waals surface area (Å²) >= 11 is 0. The maximum Gasteiger partial charge on any atom is 0.407 e. The van der Waals surface area contributed by atoms with Crippen LogP contribution in [0.1, 0.15) is 20.8 Å². The first-order chi connectivity index (χ1) is 5.79. The molecule has 1 atom stereocenters. The van der Waals surface area contributed by atoms with Crippen molar-refractivity contribution in [2.24, 2.45) is 5.73 Å².